The van der Waals surface area contributed by atoms with Crippen LogP contribution in [0.4, 0.5) is 22.4 Å². The number of carbonyl (C=O) groups is 1. The molecule has 0 bridgehead atoms. The van der Waals surface area contributed by atoms with E-state index < -0.39 is 24.0 Å². The van der Waals surface area contributed by atoms with E-state index in [4.69, 9.17) is 11.6 Å². The first kappa shape index (κ1) is 28.4. The van der Waals surface area contributed by atoms with Crippen LogP contribution in [0.15, 0.2) is 60.8 Å². The third-order valence-electron chi connectivity index (χ3n) is 6.49. The molecule has 1 aliphatic rings. The van der Waals surface area contributed by atoms with Gasteiger partial charge in [-0.15, -0.1) is 13.2 Å². The summed E-state index contributed by atoms with van der Waals surface area (Å²) in [6.07, 6.45) is 0.881. The highest BCUT2D eigenvalue weighted by Gasteiger charge is 2.34. The summed E-state index contributed by atoms with van der Waals surface area (Å²) in [7, 11) is 0. The average Bonchev–Trinajstić information content (AvgIpc) is 3.20. The van der Waals surface area contributed by atoms with Crippen LogP contribution in [0.5, 0.6) is 5.75 Å². The standard InChI is InChI=1S/C28H22ClF4IN4O2/c29-26-12-18(7-9-35-26)15-36-27(39)38-23-8-11-37(10-1-2-17-3-5-19(34)6-4-17)16-21(23)20-13-22(30)25(14-24(20)38)40-28(31,32)33/h1-7,9,12-14H,8,10-11,15-16H2,(H,36,39)/b2-1+. The molecule has 0 spiro atoms. The zero-order valence-electron chi connectivity index (χ0n) is 20.8. The molecule has 12 heteroatoms. The van der Waals surface area contributed by atoms with Crippen LogP contribution in [0, 0.1) is 9.39 Å². The van der Waals surface area contributed by atoms with Gasteiger partial charge in [0.1, 0.15) is 5.15 Å². The molecule has 0 saturated carbocycles. The monoisotopic (exact) mass is 684 g/mol. The number of halogens is 6. The number of benzene rings is 2. The van der Waals surface area contributed by atoms with Crippen molar-refractivity contribution in [1.82, 2.24) is 19.8 Å². The Hall–Kier alpha value is -3.16. The van der Waals surface area contributed by atoms with E-state index in [0.717, 1.165) is 21.3 Å². The van der Waals surface area contributed by atoms with Gasteiger partial charge in [0.15, 0.2) is 11.6 Å². The van der Waals surface area contributed by atoms with Crippen LogP contribution in [0.2, 0.25) is 5.15 Å². The van der Waals surface area contributed by atoms with Crippen molar-refractivity contribution in [1.29, 1.82) is 0 Å². The molecule has 0 saturated heterocycles. The second-order valence-electron chi connectivity index (χ2n) is 9.19. The number of rotatable bonds is 6. The fraction of sp³-hybridized carbons (Fsp3) is 0.214. The molecule has 4 aromatic rings. The fourth-order valence-electron chi connectivity index (χ4n) is 4.72. The number of carbonyl (C=O) groups excluding carboxylic acids is 1. The van der Waals surface area contributed by atoms with Crippen molar-refractivity contribution in [2.45, 2.75) is 25.9 Å². The molecule has 40 heavy (non-hydrogen) atoms. The Bertz CT molecular complexity index is 1590. The van der Waals surface area contributed by atoms with E-state index in [9.17, 15) is 22.4 Å². The number of alkyl halides is 3. The summed E-state index contributed by atoms with van der Waals surface area (Å²) in [5.41, 5.74) is 3.18. The molecule has 5 rings (SSSR count). The van der Waals surface area contributed by atoms with Gasteiger partial charge in [-0.3, -0.25) is 9.47 Å². The molecule has 0 unspecified atom stereocenters. The predicted octanol–water partition coefficient (Wildman–Crippen LogP) is 7.16. The van der Waals surface area contributed by atoms with Gasteiger partial charge in [0.2, 0.25) is 0 Å². The van der Waals surface area contributed by atoms with E-state index in [-0.39, 0.29) is 17.2 Å². The third kappa shape index (κ3) is 6.58. The molecular weight excluding hydrogens is 663 g/mol. The second-order valence-corrected chi connectivity index (χ2v) is 10.8. The molecule has 0 atom stereocenters. The van der Waals surface area contributed by atoms with Gasteiger partial charge < -0.3 is 10.1 Å². The van der Waals surface area contributed by atoms with Gasteiger partial charge in [0.05, 0.1) is 5.52 Å². The number of pyridine rings is 1. The molecule has 2 aromatic heterocycles. The summed E-state index contributed by atoms with van der Waals surface area (Å²) >= 11 is 8.17. The quantitative estimate of drug-likeness (QED) is 0.133. The lowest BCUT2D eigenvalue weighted by Gasteiger charge is -2.27. The van der Waals surface area contributed by atoms with Gasteiger partial charge in [-0.2, -0.15) is 0 Å². The van der Waals surface area contributed by atoms with Gasteiger partial charge in [-0.1, -0.05) is 35.9 Å². The molecule has 0 fully saturated rings. The van der Waals surface area contributed by atoms with Crippen LogP contribution in [0.3, 0.4) is 0 Å². The Morgan fingerprint density at radius 2 is 1.95 bits per heavy atom. The SMILES string of the molecule is O=C(NCc1ccnc(Cl)c1)n1c2c(c3cc(F)c(OC(F)(F)F)cc31)CN(C/C=C/c1ccc(I)cc1)CC2. The molecule has 0 radical (unpaired) electrons. The number of ether oxygens (including phenoxy) is 1. The normalized spacial score (nSPS) is 14.1. The van der Waals surface area contributed by atoms with Gasteiger partial charge in [-0.25, -0.2) is 14.2 Å². The zero-order chi connectivity index (χ0) is 28.4. The van der Waals surface area contributed by atoms with E-state index in [1.807, 2.05) is 36.4 Å². The fourth-order valence-corrected chi connectivity index (χ4v) is 5.28. The van der Waals surface area contributed by atoms with Gasteiger partial charge >= 0.3 is 12.4 Å². The lowest BCUT2D eigenvalue weighted by molar-refractivity contribution is -0.275. The summed E-state index contributed by atoms with van der Waals surface area (Å²) in [6, 6.07) is 12.7. The number of nitrogens with zero attached hydrogens (tertiary/aromatic N) is 3. The predicted molar refractivity (Wildman–Crippen MR) is 153 cm³/mol. The minimum absolute atomic E-state index is 0.109. The van der Waals surface area contributed by atoms with E-state index in [1.165, 1.54) is 10.8 Å². The Morgan fingerprint density at radius 1 is 1.18 bits per heavy atom. The summed E-state index contributed by atoms with van der Waals surface area (Å²) in [5, 5.41) is 3.39. The zero-order valence-corrected chi connectivity index (χ0v) is 23.7. The number of fused-ring (bicyclic) bond motifs is 3. The average molecular weight is 685 g/mol. The van der Waals surface area contributed by atoms with Crippen molar-refractivity contribution in [3.05, 3.63) is 97.7 Å². The van der Waals surface area contributed by atoms with E-state index in [2.05, 4.69) is 42.5 Å². The number of hydrogen-bond acceptors (Lipinski definition) is 4. The van der Waals surface area contributed by atoms with Crippen molar-refractivity contribution in [3.63, 3.8) is 0 Å². The molecule has 2 aromatic carbocycles. The lowest BCUT2D eigenvalue weighted by atomic mass is 10.0. The van der Waals surface area contributed by atoms with Crippen LogP contribution >= 0.6 is 34.2 Å². The minimum atomic E-state index is -5.09. The Morgan fingerprint density at radius 3 is 2.67 bits per heavy atom. The topological polar surface area (TPSA) is 59.4 Å². The largest absolute Gasteiger partial charge is 0.573 e. The van der Waals surface area contributed by atoms with Crippen LogP contribution in [-0.4, -0.2) is 39.9 Å². The Kier molecular flexibility index (Phi) is 8.34. The van der Waals surface area contributed by atoms with Gasteiger partial charge in [-0.05, 0) is 69.6 Å². The molecule has 1 aliphatic heterocycles. The number of nitrogens with one attached hydrogen (secondary N) is 1. The smallest absolute Gasteiger partial charge is 0.403 e. The summed E-state index contributed by atoms with van der Waals surface area (Å²) in [4.78, 5) is 19.4. The Labute approximate surface area is 245 Å². The van der Waals surface area contributed by atoms with E-state index in [1.54, 1.807) is 12.1 Å². The number of hydrogen-bond donors (Lipinski definition) is 1. The van der Waals surface area contributed by atoms with Crippen molar-refractivity contribution in [3.8, 4) is 5.75 Å². The molecule has 208 valence electrons. The molecule has 6 nitrogen and oxygen atoms in total. The van der Waals surface area contributed by atoms with Crippen molar-refractivity contribution >= 4 is 57.2 Å². The van der Waals surface area contributed by atoms with Gasteiger partial charge in [0.25, 0.3) is 0 Å². The highest BCUT2D eigenvalue weighted by atomic mass is 127. The summed E-state index contributed by atoms with van der Waals surface area (Å²) in [6.45, 7) is 1.70. The molecule has 1 N–H and O–H groups in total. The second kappa shape index (κ2) is 11.8. The van der Waals surface area contributed by atoms with Crippen LogP contribution < -0.4 is 10.1 Å². The van der Waals surface area contributed by atoms with Crippen LogP contribution in [-0.2, 0) is 19.5 Å². The first-order chi connectivity index (χ1) is 19.1. The Balaban J connectivity index is 1.45. The maximum Gasteiger partial charge on any atom is 0.573 e. The molecule has 0 aliphatic carbocycles. The lowest BCUT2D eigenvalue weighted by Crippen LogP contribution is -2.34. The first-order valence-corrected chi connectivity index (χ1v) is 13.7. The molecular formula is C28H22ClF4IN4O2. The van der Waals surface area contributed by atoms with Crippen molar-refractivity contribution < 1.29 is 27.1 Å². The van der Waals surface area contributed by atoms with Gasteiger partial charge in [0, 0.05) is 59.5 Å². The van der Waals surface area contributed by atoms with E-state index >= 15 is 0 Å². The first-order valence-electron chi connectivity index (χ1n) is 12.2. The maximum absolute atomic E-state index is 14.8. The number of aromatic nitrogens is 2. The highest BCUT2D eigenvalue weighted by Crippen LogP contribution is 2.36. The van der Waals surface area contributed by atoms with Crippen LogP contribution in [0.1, 0.15) is 22.4 Å². The van der Waals surface area contributed by atoms with Crippen molar-refractivity contribution in [2.75, 3.05) is 13.1 Å². The summed E-state index contributed by atoms with van der Waals surface area (Å²) < 4.78 is 60.0. The number of amides is 1. The maximum atomic E-state index is 14.8. The third-order valence-corrected chi connectivity index (χ3v) is 7.41. The minimum Gasteiger partial charge on any atom is -0.403 e. The molecule has 1 amide bonds. The summed E-state index contributed by atoms with van der Waals surface area (Å²) in [5.74, 6) is -2.16. The van der Waals surface area contributed by atoms with Crippen molar-refractivity contribution in [2.24, 2.45) is 0 Å². The van der Waals surface area contributed by atoms with E-state index in [0.29, 0.717) is 48.3 Å². The van der Waals surface area contributed by atoms with Crippen LogP contribution in [0.25, 0.3) is 17.0 Å². The molecule has 3 heterocycles. The highest BCUT2D eigenvalue weighted by molar-refractivity contribution is 14.1.